The first-order valence-electron chi connectivity index (χ1n) is 7.29. The Morgan fingerprint density at radius 2 is 2.00 bits per heavy atom. The summed E-state index contributed by atoms with van der Waals surface area (Å²) in [5.74, 6) is 0.683. The number of Topliss-reactive ketones (excluding diaryl/α,β-unsaturated/α-hetero) is 1. The van der Waals surface area contributed by atoms with Crippen LogP contribution in [0.1, 0.15) is 56.6 Å². The number of thiophene rings is 1. The van der Waals surface area contributed by atoms with Crippen molar-refractivity contribution in [3.05, 3.63) is 4.88 Å². The Balaban J connectivity index is 2.31. The van der Waals surface area contributed by atoms with Crippen LogP contribution in [0.4, 0.5) is 10.7 Å². The summed E-state index contributed by atoms with van der Waals surface area (Å²) in [5, 5.41) is 4.38. The predicted molar refractivity (Wildman–Crippen MR) is 84.9 cm³/mol. The topological polar surface area (TPSA) is 64.3 Å². The first-order chi connectivity index (χ1) is 9.40. The fraction of sp³-hybridized carbons (Fsp3) is 0.667. The molecule has 112 valence electrons. The predicted octanol–water partition coefficient (Wildman–Crippen LogP) is 3.92. The monoisotopic (exact) mass is 296 g/mol. The van der Waals surface area contributed by atoms with E-state index in [1.165, 1.54) is 30.6 Å². The van der Waals surface area contributed by atoms with Crippen LogP contribution in [-0.2, 0) is 0 Å². The molecule has 1 aliphatic rings. The molecule has 0 aliphatic heterocycles. The zero-order valence-corrected chi connectivity index (χ0v) is 13.5. The van der Waals surface area contributed by atoms with E-state index in [2.05, 4.69) is 5.32 Å². The van der Waals surface area contributed by atoms with E-state index in [-0.39, 0.29) is 17.8 Å². The minimum absolute atomic E-state index is 0.0378. The summed E-state index contributed by atoms with van der Waals surface area (Å²) in [6.07, 6.45) is 3.64. The summed E-state index contributed by atoms with van der Waals surface area (Å²) in [4.78, 5) is 12.9. The minimum atomic E-state index is -0.0561. The zero-order valence-electron chi connectivity index (χ0n) is 12.7. The van der Waals surface area contributed by atoms with Gasteiger partial charge in [0.1, 0.15) is 5.00 Å². The van der Waals surface area contributed by atoms with Crippen LogP contribution in [0.5, 0.6) is 5.75 Å². The molecule has 0 atom stereocenters. The Morgan fingerprint density at radius 3 is 2.45 bits per heavy atom. The number of hydrogen-bond donors (Lipinski definition) is 2. The van der Waals surface area contributed by atoms with Gasteiger partial charge < -0.3 is 15.8 Å². The van der Waals surface area contributed by atoms with Crippen molar-refractivity contribution < 1.29 is 9.53 Å². The number of hydrogen-bond acceptors (Lipinski definition) is 5. The number of carbonyl (C=O) groups excluding carboxylic acids is 1. The van der Waals surface area contributed by atoms with Crippen LogP contribution in [0.3, 0.4) is 0 Å². The average molecular weight is 296 g/mol. The number of nitrogens with two attached hydrogens (primary N) is 1. The van der Waals surface area contributed by atoms with Gasteiger partial charge in [0.15, 0.2) is 11.5 Å². The molecule has 20 heavy (non-hydrogen) atoms. The molecule has 0 bridgehead atoms. The molecular formula is C15H24N2O2S. The largest absolute Gasteiger partial charge is 0.486 e. The second-order valence-electron chi connectivity index (χ2n) is 5.96. The second kappa shape index (κ2) is 6.04. The van der Waals surface area contributed by atoms with Crippen molar-refractivity contribution >= 4 is 27.8 Å². The Bertz CT molecular complexity index is 490. The smallest absolute Gasteiger partial charge is 0.177 e. The van der Waals surface area contributed by atoms with E-state index >= 15 is 0 Å². The van der Waals surface area contributed by atoms with Gasteiger partial charge in [0.2, 0.25) is 0 Å². The van der Waals surface area contributed by atoms with Gasteiger partial charge in [0.25, 0.3) is 0 Å². The van der Waals surface area contributed by atoms with Crippen LogP contribution in [0.25, 0.3) is 0 Å². The van der Waals surface area contributed by atoms with Gasteiger partial charge in [-0.15, -0.1) is 11.3 Å². The lowest BCUT2D eigenvalue weighted by Gasteiger charge is -2.27. The van der Waals surface area contributed by atoms with Gasteiger partial charge in [0, 0.05) is 12.0 Å². The summed E-state index contributed by atoms with van der Waals surface area (Å²) >= 11 is 1.43. The van der Waals surface area contributed by atoms with Gasteiger partial charge >= 0.3 is 0 Å². The van der Waals surface area contributed by atoms with E-state index in [1.54, 1.807) is 0 Å². The van der Waals surface area contributed by atoms with Gasteiger partial charge in [-0.05, 0) is 33.1 Å². The summed E-state index contributed by atoms with van der Waals surface area (Å²) in [6.45, 7) is 7.72. The highest BCUT2D eigenvalue weighted by molar-refractivity contribution is 7.19. The van der Waals surface area contributed by atoms with E-state index in [0.717, 1.165) is 5.00 Å². The van der Waals surface area contributed by atoms with E-state index in [0.29, 0.717) is 22.4 Å². The lowest BCUT2D eigenvalue weighted by Crippen LogP contribution is -2.26. The van der Waals surface area contributed by atoms with E-state index < -0.39 is 0 Å². The summed E-state index contributed by atoms with van der Waals surface area (Å²) in [6, 6.07) is 0.490. The summed E-state index contributed by atoms with van der Waals surface area (Å²) in [7, 11) is 0. The van der Waals surface area contributed by atoms with Crippen molar-refractivity contribution in [2.24, 2.45) is 5.92 Å². The van der Waals surface area contributed by atoms with Crippen molar-refractivity contribution in [2.75, 3.05) is 11.1 Å². The first-order valence-corrected chi connectivity index (χ1v) is 8.11. The molecule has 4 nitrogen and oxygen atoms in total. The highest BCUT2D eigenvalue weighted by Crippen LogP contribution is 2.45. The lowest BCUT2D eigenvalue weighted by atomic mass is 9.93. The molecule has 0 aromatic carbocycles. The highest BCUT2D eigenvalue weighted by Gasteiger charge is 2.27. The lowest BCUT2D eigenvalue weighted by molar-refractivity contribution is 0.0944. The van der Waals surface area contributed by atoms with Crippen LogP contribution in [0, 0.1) is 5.92 Å². The number of nitrogens with one attached hydrogen (secondary N) is 1. The van der Waals surface area contributed by atoms with Gasteiger partial charge in [-0.25, -0.2) is 0 Å². The fourth-order valence-electron chi connectivity index (χ4n) is 2.06. The molecule has 0 radical (unpaired) electrons. The number of ketones is 1. The minimum Gasteiger partial charge on any atom is -0.486 e. The molecule has 0 saturated heterocycles. The maximum atomic E-state index is 12.2. The SMILES string of the molecule is CC(C)Oc1c(NC2CCC2)sc(C(=O)C(C)C)c1N. The third-order valence-corrected chi connectivity index (χ3v) is 4.57. The molecule has 0 unspecified atom stereocenters. The van der Waals surface area contributed by atoms with Crippen molar-refractivity contribution in [2.45, 2.75) is 59.1 Å². The summed E-state index contributed by atoms with van der Waals surface area (Å²) in [5.41, 5.74) is 6.64. The molecule has 3 N–H and O–H groups in total. The molecule has 1 aliphatic carbocycles. The van der Waals surface area contributed by atoms with Crippen LogP contribution < -0.4 is 15.8 Å². The number of rotatable bonds is 6. The third kappa shape index (κ3) is 3.08. The fourth-order valence-corrected chi connectivity index (χ4v) is 3.28. The molecule has 1 fully saturated rings. The number of ether oxygens (including phenoxy) is 1. The molecule has 1 aromatic rings. The molecular weight excluding hydrogens is 272 g/mol. The zero-order chi connectivity index (χ0) is 14.9. The number of nitrogen functional groups attached to an aromatic ring is 1. The maximum absolute atomic E-state index is 12.2. The molecule has 2 rings (SSSR count). The molecule has 0 spiro atoms. The van der Waals surface area contributed by atoms with Crippen molar-refractivity contribution in [3.8, 4) is 5.75 Å². The number of carbonyl (C=O) groups is 1. The average Bonchev–Trinajstić information content (AvgIpc) is 2.60. The maximum Gasteiger partial charge on any atom is 0.177 e. The molecule has 5 heteroatoms. The van der Waals surface area contributed by atoms with Crippen LogP contribution in [0.2, 0.25) is 0 Å². The van der Waals surface area contributed by atoms with E-state index in [1.807, 2.05) is 27.7 Å². The van der Waals surface area contributed by atoms with Gasteiger partial charge in [-0.2, -0.15) is 0 Å². The third-order valence-electron chi connectivity index (χ3n) is 3.44. The van der Waals surface area contributed by atoms with Gasteiger partial charge in [0.05, 0.1) is 16.7 Å². The molecule has 1 heterocycles. The Morgan fingerprint density at radius 1 is 1.35 bits per heavy atom. The van der Waals surface area contributed by atoms with Crippen LogP contribution in [-0.4, -0.2) is 17.9 Å². The van der Waals surface area contributed by atoms with Crippen molar-refractivity contribution in [1.82, 2.24) is 0 Å². The Kier molecular flexibility index (Phi) is 4.58. The Hall–Kier alpha value is -1.23. The normalized spacial score (nSPS) is 15.5. The first kappa shape index (κ1) is 15.2. The second-order valence-corrected chi connectivity index (χ2v) is 6.98. The number of anilines is 2. The highest BCUT2D eigenvalue weighted by atomic mass is 32.1. The van der Waals surface area contributed by atoms with Crippen molar-refractivity contribution in [3.63, 3.8) is 0 Å². The van der Waals surface area contributed by atoms with Gasteiger partial charge in [-0.1, -0.05) is 13.8 Å². The summed E-state index contributed by atoms with van der Waals surface area (Å²) < 4.78 is 5.83. The molecule has 0 amide bonds. The van der Waals surface area contributed by atoms with E-state index in [4.69, 9.17) is 10.5 Å². The van der Waals surface area contributed by atoms with E-state index in [9.17, 15) is 4.79 Å². The quantitative estimate of drug-likeness (QED) is 0.781. The molecule has 1 saturated carbocycles. The van der Waals surface area contributed by atoms with Gasteiger partial charge in [-0.3, -0.25) is 4.79 Å². The van der Waals surface area contributed by atoms with Crippen LogP contribution in [0.15, 0.2) is 0 Å². The Labute approximate surface area is 124 Å². The van der Waals surface area contributed by atoms with Crippen molar-refractivity contribution in [1.29, 1.82) is 0 Å². The molecule has 1 aromatic heterocycles. The standard InChI is InChI=1S/C15H24N2O2S/c1-8(2)12(18)14-11(16)13(19-9(3)4)15(20-14)17-10-6-5-7-10/h8-10,17H,5-7,16H2,1-4H3. The van der Waals surface area contributed by atoms with Crippen LogP contribution >= 0.6 is 11.3 Å².